The van der Waals surface area contributed by atoms with Crippen LogP contribution in [0.5, 0.6) is 0 Å². The Balaban J connectivity index is 2.38. The maximum absolute atomic E-state index is 11.1. The number of carbonyl (C=O) groups is 1. The molecule has 0 radical (unpaired) electrons. The van der Waals surface area contributed by atoms with Crippen molar-refractivity contribution in [3.05, 3.63) is 23.2 Å². The molecule has 0 amide bonds. The highest BCUT2D eigenvalue weighted by Crippen LogP contribution is 2.26. The number of carbonyl (C=O) groups excluding carboxylic acids is 1. The first-order valence-corrected chi connectivity index (χ1v) is 7.25. The summed E-state index contributed by atoms with van der Waals surface area (Å²) < 4.78 is 7.18. The molecule has 0 spiro atoms. The van der Waals surface area contributed by atoms with Gasteiger partial charge in [-0.3, -0.25) is 4.79 Å². The minimum absolute atomic E-state index is 0.133. The molecule has 1 heterocycles. The highest BCUT2D eigenvalue weighted by Gasteiger charge is 2.12. The molecule has 0 aliphatic rings. The molecule has 102 valence electrons. The van der Waals surface area contributed by atoms with Crippen LogP contribution >= 0.6 is 23.4 Å². The molecule has 0 fully saturated rings. The van der Waals surface area contributed by atoms with Crippen LogP contribution < -0.4 is 0 Å². The second-order valence-corrected chi connectivity index (χ2v) is 5.54. The molecule has 0 saturated carbocycles. The molecule has 0 aliphatic heterocycles. The van der Waals surface area contributed by atoms with Crippen LogP contribution in [0.15, 0.2) is 23.4 Å². The molecule has 0 unspecified atom stereocenters. The van der Waals surface area contributed by atoms with E-state index in [1.54, 1.807) is 14.0 Å². The van der Waals surface area contributed by atoms with Crippen LogP contribution in [0.4, 0.5) is 0 Å². The number of ketones is 1. The average Bonchev–Trinajstić information content (AvgIpc) is 2.70. The zero-order chi connectivity index (χ0) is 13.8. The second-order valence-electron chi connectivity index (χ2n) is 4.16. The molecule has 0 atom stereocenters. The van der Waals surface area contributed by atoms with Gasteiger partial charge in [0.2, 0.25) is 0 Å². The number of halogens is 1. The van der Waals surface area contributed by atoms with Crippen LogP contribution in [-0.2, 0) is 16.1 Å². The van der Waals surface area contributed by atoms with E-state index < -0.39 is 0 Å². The number of imidazole rings is 1. The summed E-state index contributed by atoms with van der Waals surface area (Å²) in [5.74, 6) is 0.553. The van der Waals surface area contributed by atoms with E-state index in [1.165, 1.54) is 11.8 Å². The van der Waals surface area contributed by atoms with E-state index in [4.69, 9.17) is 16.3 Å². The first-order chi connectivity index (χ1) is 9.11. The monoisotopic (exact) mass is 298 g/mol. The fraction of sp³-hybridized carbons (Fsp3) is 0.385. The van der Waals surface area contributed by atoms with E-state index in [9.17, 15) is 4.79 Å². The third kappa shape index (κ3) is 3.49. The molecule has 1 aromatic heterocycles. The van der Waals surface area contributed by atoms with Crippen molar-refractivity contribution in [2.45, 2.75) is 18.6 Å². The molecule has 2 aromatic rings. The first kappa shape index (κ1) is 14.4. The maximum Gasteiger partial charge on any atom is 0.169 e. The topological polar surface area (TPSA) is 44.1 Å². The maximum atomic E-state index is 11.1. The number of benzene rings is 1. The van der Waals surface area contributed by atoms with Crippen LogP contribution in [0.2, 0.25) is 5.02 Å². The smallest absolute Gasteiger partial charge is 0.169 e. The van der Waals surface area contributed by atoms with E-state index >= 15 is 0 Å². The lowest BCUT2D eigenvalue weighted by atomic mass is 10.3. The third-order valence-electron chi connectivity index (χ3n) is 2.60. The molecule has 2 rings (SSSR count). The van der Waals surface area contributed by atoms with Gasteiger partial charge in [0.05, 0.1) is 23.4 Å². The number of aromatic nitrogens is 2. The van der Waals surface area contributed by atoms with Crippen molar-refractivity contribution in [3.63, 3.8) is 0 Å². The van der Waals surface area contributed by atoms with Crippen LogP contribution in [0, 0.1) is 0 Å². The molecular formula is C13H15ClN2O2S. The quantitative estimate of drug-likeness (QED) is 0.769. The number of hydrogen-bond donors (Lipinski definition) is 0. The van der Waals surface area contributed by atoms with Gasteiger partial charge < -0.3 is 9.30 Å². The summed E-state index contributed by atoms with van der Waals surface area (Å²) in [6, 6.07) is 5.62. The highest BCUT2D eigenvalue weighted by molar-refractivity contribution is 7.99. The Morgan fingerprint density at radius 1 is 1.53 bits per heavy atom. The van der Waals surface area contributed by atoms with Crippen molar-refractivity contribution in [2.24, 2.45) is 0 Å². The van der Waals surface area contributed by atoms with Gasteiger partial charge in [-0.15, -0.1) is 0 Å². The lowest BCUT2D eigenvalue weighted by Crippen LogP contribution is -2.06. The minimum Gasteiger partial charge on any atom is -0.383 e. The van der Waals surface area contributed by atoms with Gasteiger partial charge in [0.25, 0.3) is 0 Å². The molecule has 0 N–H and O–H groups in total. The number of methoxy groups -OCH3 is 1. The van der Waals surface area contributed by atoms with Crippen molar-refractivity contribution >= 4 is 40.2 Å². The highest BCUT2D eigenvalue weighted by atomic mass is 35.5. The van der Waals surface area contributed by atoms with Gasteiger partial charge in [0.15, 0.2) is 5.16 Å². The van der Waals surface area contributed by atoms with Crippen LogP contribution in [0.3, 0.4) is 0 Å². The first-order valence-electron chi connectivity index (χ1n) is 5.89. The van der Waals surface area contributed by atoms with E-state index in [1.807, 2.05) is 18.2 Å². The number of nitrogens with zero attached hydrogens (tertiary/aromatic N) is 2. The standard InChI is InChI=1S/C13H15ClN2O2S/c1-9(17)8-19-13-15-11-7-10(14)3-4-12(11)16(13)5-6-18-2/h3-4,7H,5-6,8H2,1-2H3. The normalized spacial score (nSPS) is 11.1. The molecule has 6 heteroatoms. The zero-order valence-electron chi connectivity index (χ0n) is 10.9. The van der Waals surface area contributed by atoms with Gasteiger partial charge >= 0.3 is 0 Å². The van der Waals surface area contributed by atoms with E-state index in [0.29, 0.717) is 23.9 Å². The summed E-state index contributed by atoms with van der Waals surface area (Å²) in [4.78, 5) is 15.6. The number of Topliss-reactive ketones (excluding diaryl/α,β-unsaturated/α-hetero) is 1. The Kier molecular flexibility index (Phi) is 4.85. The van der Waals surface area contributed by atoms with Crippen molar-refractivity contribution in [3.8, 4) is 0 Å². The van der Waals surface area contributed by atoms with Crippen molar-refractivity contribution in [2.75, 3.05) is 19.5 Å². The number of hydrogen-bond acceptors (Lipinski definition) is 4. The average molecular weight is 299 g/mol. The Morgan fingerprint density at radius 2 is 2.32 bits per heavy atom. The Hall–Kier alpha value is -1.04. The lowest BCUT2D eigenvalue weighted by molar-refractivity contribution is -0.114. The van der Waals surface area contributed by atoms with Gasteiger partial charge in [0.1, 0.15) is 5.78 Å². The molecule has 1 aromatic carbocycles. The largest absolute Gasteiger partial charge is 0.383 e. The molecule has 0 saturated heterocycles. The number of ether oxygens (including phenoxy) is 1. The van der Waals surface area contributed by atoms with Gasteiger partial charge in [-0.1, -0.05) is 23.4 Å². The summed E-state index contributed by atoms with van der Waals surface area (Å²) >= 11 is 7.42. The number of rotatable bonds is 6. The van der Waals surface area contributed by atoms with Gasteiger partial charge in [-0.05, 0) is 25.1 Å². The minimum atomic E-state index is 0.133. The van der Waals surface area contributed by atoms with Crippen LogP contribution in [0.25, 0.3) is 11.0 Å². The van der Waals surface area contributed by atoms with Gasteiger partial charge in [0, 0.05) is 18.7 Å². The van der Waals surface area contributed by atoms with Crippen molar-refractivity contribution in [1.29, 1.82) is 0 Å². The molecule has 4 nitrogen and oxygen atoms in total. The van der Waals surface area contributed by atoms with E-state index in [0.717, 1.165) is 16.2 Å². The Labute approximate surface area is 121 Å². The lowest BCUT2D eigenvalue weighted by Gasteiger charge is -2.07. The summed E-state index contributed by atoms with van der Waals surface area (Å²) in [6.07, 6.45) is 0. The predicted octanol–water partition coefficient (Wildman–Crippen LogP) is 3.02. The van der Waals surface area contributed by atoms with E-state index in [-0.39, 0.29) is 5.78 Å². The second kappa shape index (κ2) is 6.41. The Bertz CT molecular complexity index is 598. The number of fused-ring (bicyclic) bond motifs is 1. The molecule has 0 aliphatic carbocycles. The summed E-state index contributed by atoms with van der Waals surface area (Å²) in [7, 11) is 1.67. The SMILES string of the molecule is COCCn1c(SCC(C)=O)nc2cc(Cl)ccc21. The van der Waals surface area contributed by atoms with Crippen molar-refractivity contribution in [1.82, 2.24) is 9.55 Å². The number of thioether (sulfide) groups is 1. The molecule has 19 heavy (non-hydrogen) atoms. The van der Waals surface area contributed by atoms with Crippen molar-refractivity contribution < 1.29 is 9.53 Å². The summed E-state index contributed by atoms with van der Waals surface area (Å²) in [5, 5.41) is 1.48. The summed E-state index contributed by atoms with van der Waals surface area (Å²) in [6.45, 7) is 2.88. The fourth-order valence-electron chi connectivity index (χ4n) is 1.76. The zero-order valence-corrected chi connectivity index (χ0v) is 12.4. The van der Waals surface area contributed by atoms with E-state index in [2.05, 4.69) is 9.55 Å². The summed E-state index contributed by atoms with van der Waals surface area (Å²) in [5.41, 5.74) is 1.85. The molecule has 0 bridgehead atoms. The molecular weight excluding hydrogens is 284 g/mol. The van der Waals surface area contributed by atoms with Crippen LogP contribution in [0.1, 0.15) is 6.92 Å². The third-order valence-corrected chi connectivity index (χ3v) is 3.95. The fourth-order valence-corrected chi connectivity index (χ4v) is 2.76. The predicted molar refractivity (Wildman–Crippen MR) is 78.0 cm³/mol. The van der Waals surface area contributed by atoms with Crippen LogP contribution in [-0.4, -0.2) is 34.8 Å². The Morgan fingerprint density at radius 3 is 3.00 bits per heavy atom. The van der Waals surface area contributed by atoms with Gasteiger partial charge in [-0.25, -0.2) is 4.98 Å². The van der Waals surface area contributed by atoms with Gasteiger partial charge in [-0.2, -0.15) is 0 Å².